The average Bonchev–Trinajstić information content (AvgIpc) is 3.30. The van der Waals surface area contributed by atoms with Gasteiger partial charge in [-0.15, -0.1) is 11.3 Å². The van der Waals surface area contributed by atoms with Crippen LogP contribution >= 0.6 is 23.1 Å². The summed E-state index contributed by atoms with van der Waals surface area (Å²) in [4.78, 5) is 18.6. The van der Waals surface area contributed by atoms with Crippen LogP contribution in [0.2, 0.25) is 0 Å². The number of rotatable bonds is 4. The first kappa shape index (κ1) is 15.7. The van der Waals surface area contributed by atoms with Gasteiger partial charge in [0.15, 0.2) is 5.16 Å². The SMILES string of the molecule is N#CCSc1nc2scc(-c3ccco3)c2c(=O)n1-c1ccccc1. The topological polar surface area (TPSA) is 71.8 Å². The van der Waals surface area contributed by atoms with Crippen LogP contribution in [0.4, 0.5) is 0 Å². The molecule has 0 atom stereocenters. The maximum Gasteiger partial charge on any atom is 0.268 e. The molecule has 25 heavy (non-hydrogen) atoms. The highest BCUT2D eigenvalue weighted by atomic mass is 32.2. The number of aromatic nitrogens is 2. The van der Waals surface area contributed by atoms with Crippen molar-refractivity contribution in [3.63, 3.8) is 0 Å². The van der Waals surface area contributed by atoms with Crippen LogP contribution in [0.1, 0.15) is 0 Å². The second kappa shape index (κ2) is 6.59. The number of furan rings is 1. The van der Waals surface area contributed by atoms with E-state index in [1.165, 1.54) is 23.1 Å². The molecule has 0 amide bonds. The Bertz CT molecular complexity index is 1120. The zero-order valence-electron chi connectivity index (χ0n) is 12.9. The molecule has 0 aliphatic heterocycles. The molecule has 5 nitrogen and oxygen atoms in total. The lowest BCUT2D eigenvalue weighted by molar-refractivity contribution is 0.583. The van der Waals surface area contributed by atoms with Gasteiger partial charge in [-0.2, -0.15) is 5.26 Å². The van der Waals surface area contributed by atoms with Gasteiger partial charge in [-0.25, -0.2) is 4.98 Å². The molecule has 0 radical (unpaired) electrons. The van der Waals surface area contributed by atoms with Crippen molar-refractivity contribution in [3.8, 4) is 23.1 Å². The fraction of sp³-hybridized carbons (Fsp3) is 0.0556. The quantitative estimate of drug-likeness (QED) is 0.398. The highest BCUT2D eigenvalue weighted by Crippen LogP contribution is 2.33. The molecule has 0 saturated heterocycles. The summed E-state index contributed by atoms with van der Waals surface area (Å²) in [5, 5.41) is 11.8. The van der Waals surface area contributed by atoms with Gasteiger partial charge in [0.1, 0.15) is 10.6 Å². The molecule has 0 N–H and O–H groups in total. The van der Waals surface area contributed by atoms with Gasteiger partial charge >= 0.3 is 0 Å². The van der Waals surface area contributed by atoms with Crippen LogP contribution in [-0.2, 0) is 0 Å². The monoisotopic (exact) mass is 365 g/mol. The molecular weight excluding hydrogens is 354 g/mol. The van der Waals surface area contributed by atoms with Crippen molar-refractivity contribution in [2.75, 3.05) is 5.75 Å². The number of nitrogens with zero attached hydrogens (tertiary/aromatic N) is 3. The third-order valence-corrected chi connectivity index (χ3v) is 5.32. The molecular formula is C18H11N3O2S2. The zero-order valence-corrected chi connectivity index (χ0v) is 14.5. The molecule has 3 heterocycles. The highest BCUT2D eigenvalue weighted by Gasteiger charge is 2.19. The number of thiophene rings is 1. The summed E-state index contributed by atoms with van der Waals surface area (Å²) >= 11 is 2.65. The van der Waals surface area contributed by atoms with Crippen LogP contribution < -0.4 is 5.56 Å². The van der Waals surface area contributed by atoms with Crippen molar-refractivity contribution in [1.82, 2.24) is 9.55 Å². The molecule has 0 saturated carbocycles. The van der Waals surface area contributed by atoms with E-state index in [1.54, 1.807) is 16.9 Å². The van der Waals surface area contributed by atoms with E-state index in [1.807, 2.05) is 41.8 Å². The molecule has 0 fully saturated rings. The van der Waals surface area contributed by atoms with E-state index in [9.17, 15) is 4.79 Å². The Hall–Kier alpha value is -2.82. The molecule has 7 heteroatoms. The number of fused-ring (bicyclic) bond motifs is 1. The van der Waals surface area contributed by atoms with E-state index in [-0.39, 0.29) is 11.3 Å². The van der Waals surface area contributed by atoms with Crippen LogP contribution in [0.15, 0.2) is 68.5 Å². The van der Waals surface area contributed by atoms with Gasteiger partial charge in [-0.3, -0.25) is 9.36 Å². The van der Waals surface area contributed by atoms with Crippen LogP contribution in [-0.4, -0.2) is 15.3 Å². The fourth-order valence-corrected chi connectivity index (χ4v) is 4.23. The summed E-state index contributed by atoms with van der Waals surface area (Å²) < 4.78 is 7.02. The third kappa shape index (κ3) is 2.76. The maximum absolute atomic E-state index is 13.3. The predicted octanol–water partition coefficient (Wildman–Crippen LogP) is 4.32. The maximum atomic E-state index is 13.3. The summed E-state index contributed by atoms with van der Waals surface area (Å²) in [6.07, 6.45) is 1.58. The summed E-state index contributed by atoms with van der Waals surface area (Å²) in [6, 6.07) is 15.0. The highest BCUT2D eigenvalue weighted by molar-refractivity contribution is 7.99. The Morgan fingerprint density at radius 3 is 2.80 bits per heavy atom. The van der Waals surface area contributed by atoms with Crippen molar-refractivity contribution >= 4 is 33.3 Å². The van der Waals surface area contributed by atoms with E-state index in [4.69, 9.17) is 9.68 Å². The number of benzene rings is 1. The van der Waals surface area contributed by atoms with Gasteiger partial charge in [0.25, 0.3) is 5.56 Å². The smallest absolute Gasteiger partial charge is 0.268 e. The Balaban J connectivity index is 2.03. The molecule has 0 spiro atoms. The van der Waals surface area contributed by atoms with Gasteiger partial charge in [-0.05, 0) is 24.3 Å². The Labute approximate surface area is 151 Å². The van der Waals surface area contributed by atoms with Gasteiger partial charge in [0.05, 0.1) is 29.2 Å². The third-order valence-electron chi connectivity index (χ3n) is 3.64. The molecule has 4 aromatic rings. The van der Waals surface area contributed by atoms with Crippen molar-refractivity contribution in [2.45, 2.75) is 5.16 Å². The second-order valence-corrected chi connectivity index (χ2v) is 6.92. The molecule has 3 aromatic heterocycles. The Morgan fingerprint density at radius 2 is 2.08 bits per heavy atom. The number of hydrogen-bond acceptors (Lipinski definition) is 6. The first-order valence-corrected chi connectivity index (χ1v) is 9.29. The lowest BCUT2D eigenvalue weighted by Crippen LogP contribution is -2.21. The lowest BCUT2D eigenvalue weighted by Gasteiger charge is -2.11. The Morgan fingerprint density at radius 1 is 1.24 bits per heavy atom. The zero-order chi connectivity index (χ0) is 17.2. The van der Waals surface area contributed by atoms with E-state index < -0.39 is 0 Å². The van der Waals surface area contributed by atoms with Crippen molar-refractivity contribution in [2.24, 2.45) is 0 Å². The van der Waals surface area contributed by atoms with Crippen LogP contribution in [0.5, 0.6) is 0 Å². The summed E-state index contributed by atoms with van der Waals surface area (Å²) in [5.41, 5.74) is 1.30. The molecule has 122 valence electrons. The van der Waals surface area contributed by atoms with Gasteiger partial charge < -0.3 is 4.42 Å². The number of nitriles is 1. The fourth-order valence-electron chi connectivity index (χ4n) is 2.58. The van der Waals surface area contributed by atoms with E-state index in [2.05, 4.69) is 11.1 Å². The molecule has 0 aliphatic carbocycles. The molecule has 0 unspecified atom stereocenters. The number of para-hydroxylation sites is 1. The number of thioether (sulfide) groups is 1. The minimum absolute atomic E-state index is 0.163. The molecule has 1 aromatic carbocycles. The second-order valence-electron chi connectivity index (χ2n) is 5.12. The van der Waals surface area contributed by atoms with Gasteiger partial charge in [0.2, 0.25) is 0 Å². The average molecular weight is 365 g/mol. The Kier molecular flexibility index (Phi) is 4.14. The van der Waals surface area contributed by atoms with E-state index in [0.29, 0.717) is 21.1 Å². The van der Waals surface area contributed by atoms with Crippen LogP contribution in [0.25, 0.3) is 27.2 Å². The number of hydrogen-bond donors (Lipinski definition) is 0. The molecule has 4 rings (SSSR count). The van der Waals surface area contributed by atoms with Crippen LogP contribution in [0.3, 0.4) is 0 Å². The van der Waals surface area contributed by atoms with E-state index >= 15 is 0 Å². The first-order chi connectivity index (χ1) is 12.3. The van der Waals surface area contributed by atoms with Crippen molar-refractivity contribution in [3.05, 3.63) is 64.5 Å². The predicted molar refractivity (Wildman–Crippen MR) is 99.3 cm³/mol. The standard InChI is InChI=1S/C18H11N3O2S2/c19-8-10-24-18-20-16-15(13(11-25-16)14-7-4-9-23-14)17(22)21(18)12-5-2-1-3-6-12/h1-7,9,11H,10H2. The summed E-state index contributed by atoms with van der Waals surface area (Å²) in [7, 11) is 0. The van der Waals surface area contributed by atoms with Gasteiger partial charge in [0, 0.05) is 10.9 Å². The summed E-state index contributed by atoms with van der Waals surface area (Å²) in [5.74, 6) is 0.864. The van der Waals surface area contributed by atoms with Crippen LogP contribution in [0, 0.1) is 11.3 Å². The molecule has 0 aliphatic rings. The lowest BCUT2D eigenvalue weighted by atomic mass is 10.2. The van der Waals surface area contributed by atoms with Crippen molar-refractivity contribution in [1.29, 1.82) is 5.26 Å². The van der Waals surface area contributed by atoms with E-state index in [0.717, 1.165) is 11.3 Å². The van der Waals surface area contributed by atoms with Crippen molar-refractivity contribution < 1.29 is 4.42 Å². The molecule has 0 bridgehead atoms. The first-order valence-electron chi connectivity index (χ1n) is 7.43. The van der Waals surface area contributed by atoms with Gasteiger partial charge in [-0.1, -0.05) is 30.0 Å². The largest absolute Gasteiger partial charge is 0.464 e. The normalized spacial score (nSPS) is 10.8. The summed E-state index contributed by atoms with van der Waals surface area (Å²) in [6.45, 7) is 0. The minimum atomic E-state index is -0.163. The minimum Gasteiger partial charge on any atom is -0.464 e.